The van der Waals surface area contributed by atoms with Crippen molar-refractivity contribution in [2.45, 2.75) is 32.4 Å². The first kappa shape index (κ1) is 17.7. The number of pyridine rings is 1. The molecule has 9 heteroatoms. The van der Waals surface area contributed by atoms with Crippen LogP contribution < -0.4 is 10.6 Å². The predicted molar refractivity (Wildman–Crippen MR) is 95.1 cm³/mol. The molecule has 0 saturated carbocycles. The number of carboxylic acid groups (broad SMARTS) is 1. The number of anilines is 1. The lowest BCUT2D eigenvalue weighted by Crippen LogP contribution is -2.59. The standard InChI is InChI=1S/C17H20N6O3/c1-4-12-9-22(10(2)8-23(12)17(25)26)15-14-13(21(3)16(24)20-15)6-5-11(7-18)19-14/h5-6,10,12H,4,8-9H2,1-3H3,(H,25,26)/t10-,12+/m0/s1. The summed E-state index contributed by atoms with van der Waals surface area (Å²) in [6.07, 6.45) is -0.301. The minimum atomic E-state index is -0.949. The molecular weight excluding hydrogens is 336 g/mol. The molecule has 1 amide bonds. The van der Waals surface area contributed by atoms with Gasteiger partial charge in [0.05, 0.1) is 11.6 Å². The quantitative estimate of drug-likeness (QED) is 0.858. The third kappa shape index (κ3) is 2.83. The van der Waals surface area contributed by atoms with E-state index in [2.05, 4.69) is 9.97 Å². The Morgan fingerprint density at radius 2 is 2.12 bits per heavy atom. The Kier molecular flexibility index (Phi) is 4.50. The normalized spacial score (nSPS) is 20.2. The van der Waals surface area contributed by atoms with Gasteiger partial charge in [-0.05, 0) is 25.5 Å². The summed E-state index contributed by atoms with van der Waals surface area (Å²) in [4.78, 5) is 35.7. The van der Waals surface area contributed by atoms with Crippen molar-refractivity contribution in [2.75, 3.05) is 18.0 Å². The molecule has 2 atom stereocenters. The third-order valence-corrected chi connectivity index (χ3v) is 4.88. The zero-order chi connectivity index (χ0) is 19.0. The van der Waals surface area contributed by atoms with Crippen LogP contribution >= 0.6 is 0 Å². The molecule has 1 aliphatic rings. The van der Waals surface area contributed by atoms with E-state index in [4.69, 9.17) is 5.26 Å². The maximum atomic E-state index is 12.3. The van der Waals surface area contributed by atoms with Gasteiger partial charge in [0.2, 0.25) is 0 Å². The smallest absolute Gasteiger partial charge is 0.407 e. The maximum absolute atomic E-state index is 12.3. The van der Waals surface area contributed by atoms with Gasteiger partial charge < -0.3 is 14.9 Å². The number of aryl methyl sites for hydroxylation is 1. The molecule has 0 aliphatic carbocycles. The van der Waals surface area contributed by atoms with Crippen molar-refractivity contribution in [1.29, 1.82) is 5.26 Å². The number of amides is 1. The van der Waals surface area contributed by atoms with Gasteiger partial charge in [-0.1, -0.05) is 6.92 Å². The van der Waals surface area contributed by atoms with Gasteiger partial charge in [0.25, 0.3) is 0 Å². The van der Waals surface area contributed by atoms with E-state index in [9.17, 15) is 14.7 Å². The molecule has 26 heavy (non-hydrogen) atoms. The lowest BCUT2D eigenvalue weighted by molar-refractivity contribution is 0.108. The minimum absolute atomic E-state index is 0.177. The number of hydrogen-bond donors (Lipinski definition) is 1. The molecule has 3 heterocycles. The Labute approximate surface area is 150 Å². The van der Waals surface area contributed by atoms with Gasteiger partial charge in [-0.2, -0.15) is 10.2 Å². The molecule has 3 rings (SSSR count). The number of nitriles is 1. The Morgan fingerprint density at radius 3 is 2.73 bits per heavy atom. The highest BCUT2D eigenvalue weighted by molar-refractivity contribution is 5.86. The highest BCUT2D eigenvalue weighted by atomic mass is 16.4. The fourth-order valence-corrected chi connectivity index (χ4v) is 3.39. The molecule has 1 aliphatic heterocycles. The molecule has 0 radical (unpaired) electrons. The molecule has 9 nitrogen and oxygen atoms in total. The molecular formula is C17H20N6O3. The van der Waals surface area contributed by atoms with Crippen LogP contribution in [0.2, 0.25) is 0 Å². The number of hydrogen-bond acceptors (Lipinski definition) is 6. The van der Waals surface area contributed by atoms with Crippen LogP contribution in [0.5, 0.6) is 0 Å². The molecule has 2 aromatic rings. The van der Waals surface area contributed by atoms with E-state index in [1.54, 1.807) is 19.2 Å². The molecule has 0 spiro atoms. The summed E-state index contributed by atoms with van der Waals surface area (Å²) in [5, 5.41) is 18.6. The van der Waals surface area contributed by atoms with Gasteiger partial charge in [0.15, 0.2) is 5.82 Å². The second-order valence-corrected chi connectivity index (χ2v) is 6.45. The summed E-state index contributed by atoms with van der Waals surface area (Å²) in [7, 11) is 1.61. The van der Waals surface area contributed by atoms with Gasteiger partial charge in [0, 0.05) is 26.2 Å². The van der Waals surface area contributed by atoms with Gasteiger partial charge in [0.1, 0.15) is 17.3 Å². The summed E-state index contributed by atoms with van der Waals surface area (Å²) in [6.45, 7) is 4.54. The summed E-state index contributed by atoms with van der Waals surface area (Å²) in [5.74, 6) is 0.399. The number of nitrogens with zero attached hydrogens (tertiary/aromatic N) is 6. The highest BCUT2D eigenvalue weighted by Crippen LogP contribution is 2.27. The third-order valence-electron chi connectivity index (χ3n) is 4.88. The van der Waals surface area contributed by atoms with Crippen molar-refractivity contribution in [3.05, 3.63) is 28.3 Å². The SMILES string of the molecule is CC[C@@H]1CN(c2nc(=O)n(C)c3ccc(C#N)nc23)[C@@H](C)CN1C(=O)O. The van der Waals surface area contributed by atoms with Crippen LogP contribution in [0.1, 0.15) is 26.0 Å². The Bertz CT molecular complexity index is 963. The van der Waals surface area contributed by atoms with Crippen molar-refractivity contribution in [3.8, 4) is 6.07 Å². The first-order valence-corrected chi connectivity index (χ1v) is 8.41. The molecule has 136 valence electrons. The average Bonchev–Trinajstić information content (AvgIpc) is 2.64. The zero-order valence-corrected chi connectivity index (χ0v) is 14.9. The number of piperazine rings is 1. The second kappa shape index (κ2) is 6.63. The monoisotopic (exact) mass is 356 g/mol. The van der Waals surface area contributed by atoms with Gasteiger partial charge in [-0.3, -0.25) is 4.57 Å². The van der Waals surface area contributed by atoms with Gasteiger partial charge >= 0.3 is 11.8 Å². The average molecular weight is 356 g/mol. The van der Waals surface area contributed by atoms with Crippen LogP contribution in [0, 0.1) is 11.3 Å². The van der Waals surface area contributed by atoms with Crippen molar-refractivity contribution < 1.29 is 9.90 Å². The predicted octanol–water partition coefficient (Wildman–Crippen LogP) is 1.17. The lowest BCUT2D eigenvalue weighted by atomic mass is 10.1. The molecule has 0 unspecified atom stereocenters. The summed E-state index contributed by atoms with van der Waals surface area (Å²) >= 11 is 0. The van der Waals surface area contributed by atoms with Crippen LogP contribution in [-0.2, 0) is 7.05 Å². The van der Waals surface area contributed by atoms with Crippen LogP contribution in [0.25, 0.3) is 11.0 Å². The van der Waals surface area contributed by atoms with Crippen LogP contribution in [0.3, 0.4) is 0 Å². The maximum Gasteiger partial charge on any atom is 0.407 e. The number of aromatic nitrogens is 3. The van der Waals surface area contributed by atoms with E-state index < -0.39 is 11.8 Å². The molecule has 2 aromatic heterocycles. The largest absolute Gasteiger partial charge is 0.465 e. The molecule has 0 bridgehead atoms. The Morgan fingerprint density at radius 1 is 1.38 bits per heavy atom. The first-order chi connectivity index (χ1) is 12.4. The molecule has 1 fully saturated rings. The van der Waals surface area contributed by atoms with E-state index in [1.165, 1.54) is 9.47 Å². The molecule has 1 N–H and O–H groups in total. The van der Waals surface area contributed by atoms with Crippen molar-refractivity contribution in [1.82, 2.24) is 19.4 Å². The minimum Gasteiger partial charge on any atom is -0.465 e. The van der Waals surface area contributed by atoms with E-state index in [0.717, 1.165) is 0 Å². The molecule has 1 saturated heterocycles. The summed E-state index contributed by atoms with van der Waals surface area (Å²) in [6, 6.07) is 4.87. The van der Waals surface area contributed by atoms with Crippen molar-refractivity contribution >= 4 is 22.9 Å². The highest BCUT2D eigenvalue weighted by Gasteiger charge is 2.35. The van der Waals surface area contributed by atoms with Crippen molar-refractivity contribution in [2.24, 2.45) is 7.05 Å². The second-order valence-electron chi connectivity index (χ2n) is 6.45. The van der Waals surface area contributed by atoms with Crippen LogP contribution in [-0.4, -0.2) is 55.8 Å². The van der Waals surface area contributed by atoms with E-state index in [-0.39, 0.29) is 17.8 Å². The van der Waals surface area contributed by atoms with Gasteiger partial charge in [-0.25, -0.2) is 14.6 Å². The Hall–Kier alpha value is -3.15. The summed E-state index contributed by atoms with van der Waals surface area (Å²) < 4.78 is 1.39. The van der Waals surface area contributed by atoms with Crippen LogP contribution in [0.4, 0.5) is 10.6 Å². The topological polar surface area (TPSA) is 115 Å². The van der Waals surface area contributed by atoms with E-state index in [1.807, 2.05) is 24.8 Å². The van der Waals surface area contributed by atoms with Crippen molar-refractivity contribution in [3.63, 3.8) is 0 Å². The fraction of sp³-hybridized carbons (Fsp3) is 0.471. The first-order valence-electron chi connectivity index (χ1n) is 8.41. The fourth-order valence-electron chi connectivity index (χ4n) is 3.39. The number of carbonyl (C=O) groups is 1. The Balaban J connectivity index is 2.15. The number of fused-ring (bicyclic) bond motifs is 1. The zero-order valence-electron chi connectivity index (χ0n) is 14.9. The number of rotatable bonds is 2. The lowest BCUT2D eigenvalue weighted by Gasteiger charge is -2.44. The molecule has 0 aromatic carbocycles. The van der Waals surface area contributed by atoms with Gasteiger partial charge in [-0.15, -0.1) is 0 Å². The van der Waals surface area contributed by atoms with Crippen LogP contribution in [0.15, 0.2) is 16.9 Å². The van der Waals surface area contributed by atoms with E-state index >= 15 is 0 Å². The van der Waals surface area contributed by atoms with E-state index in [0.29, 0.717) is 36.4 Å². The summed E-state index contributed by atoms with van der Waals surface area (Å²) in [5.41, 5.74) is 0.875.